The maximum absolute atomic E-state index is 12.3. The van der Waals surface area contributed by atoms with Crippen molar-refractivity contribution in [1.82, 2.24) is 10.2 Å². The minimum absolute atomic E-state index is 0.0666. The standard InChI is InChI=1S/C17H16N4O4S2/c1-12(25-14-10-6-3-7-11-14)15(22)18-16-19-20-17(26-16)27(23,24)21-13-8-4-2-5-9-13/h2-12,21H,1H3,(H,18,19,22)/t12-/m0/s1. The summed E-state index contributed by atoms with van der Waals surface area (Å²) in [6.45, 7) is 1.58. The van der Waals surface area contributed by atoms with Gasteiger partial charge in [0, 0.05) is 5.69 Å². The first-order chi connectivity index (χ1) is 12.9. The highest BCUT2D eigenvalue weighted by molar-refractivity contribution is 7.94. The molecular formula is C17H16N4O4S2. The summed E-state index contributed by atoms with van der Waals surface area (Å²) in [6, 6.07) is 17.3. The topological polar surface area (TPSA) is 110 Å². The summed E-state index contributed by atoms with van der Waals surface area (Å²) in [5.41, 5.74) is 0.406. The van der Waals surface area contributed by atoms with Crippen LogP contribution in [0.25, 0.3) is 0 Å². The molecule has 2 N–H and O–H groups in total. The molecule has 27 heavy (non-hydrogen) atoms. The second-order valence-corrected chi connectivity index (χ2v) is 8.24. The number of hydrogen-bond donors (Lipinski definition) is 2. The lowest BCUT2D eigenvalue weighted by atomic mass is 10.3. The number of nitrogens with zero attached hydrogens (tertiary/aromatic N) is 2. The van der Waals surface area contributed by atoms with Gasteiger partial charge in [-0.25, -0.2) is 0 Å². The molecule has 0 radical (unpaired) electrons. The number of ether oxygens (including phenoxy) is 1. The molecule has 0 saturated carbocycles. The summed E-state index contributed by atoms with van der Waals surface area (Å²) in [6.07, 6.45) is -0.793. The van der Waals surface area contributed by atoms with Crippen molar-refractivity contribution in [2.75, 3.05) is 10.0 Å². The van der Waals surface area contributed by atoms with Crippen molar-refractivity contribution in [3.63, 3.8) is 0 Å². The Balaban J connectivity index is 1.64. The second kappa shape index (κ2) is 8.14. The molecule has 0 spiro atoms. The van der Waals surface area contributed by atoms with Gasteiger partial charge < -0.3 is 4.74 Å². The highest BCUT2D eigenvalue weighted by Gasteiger charge is 2.22. The Morgan fingerprint density at radius 2 is 1.67 bits per heavy atom. The van der Waals surface area contributed by atoms with E-state index in [9.17, 15) is 13.2 Å². The van der Waals surface area contributed by atoms with Crippen LogP contribution in [0.5, 0.6) is 5.75 Å². The lowest BCUT2D eigenvalue weighted by molar-refractivity contribution is -0.122. The van der Waals surface area contributed by atoms with Crippen molar-refractivity contribution in [1.29, 1.82) is 0 Å². The molecule has 0 aliphatic heterocycles. The number of aromatic nitrogens is 2. The van der Waals surface area contributed by atoms with Crippen LogP contribution in [0, 0.1) is 0 Å². The van der Waals surface area contributed by atoms with Crippen molar-refractivity contribution in [2.45, 2.75) is 17.4 Å². The van der Waals surface area contributed by atoms with Gasteiger partial charge in [-0.2, -0.15) is 8.42 Å². The van der Waals surface area contributed by atoms with E-state index < -0.39 is 22.0 Å². The van der Waals surface area contributed by atoms with E-state index in [0.29, 0.717) is 11.4 Å². The van der Waals surface area contributed by atoms with Crippen molar-refractivity contribution >= 4 is 38.1 Å². The number of hydrogen-bond acceptors (Lipinski definition) is 7. The number of amides is 1. The monoisotopic (exact) mass is 404 g/mol. The minimum Gasteiger partial charge on any atom is -0.481 e. The number of carbonyl (C=O) groups is 1. The Bertz CT molecular complexity index is 1010. The van der Waals surface area contributed by atoms with Crippen molar-refractivity contribution in [3.05, 3.63) is 60.7 Å². The second-order valence-electron chi connectivity index (χ2n) is 5.41. The molecule has 0 unspecified atom stereocenters. The molecule has 0 saturated heterocycles. The Kier molecular flexibility index (Phi) is 5.67. The van der Waals surface area contributed by atoms with Gasteiger partial charge in [0.15, 0.2) is 6.10 Å². The highest BCUT2D eigenvalue weighted by Crippen LogP contribution is 2.23. The van der Waals surface area contributed by atoms with E-state index in [2.05, 4.69) is 20.2 Å². The van der Waals surface area contributed by atoms with Gasteiger partial charge >= 0.3 is 0 Å². The van der Waals surface area contributed by atoms with Gasteiger partial charge in [-0.05, 0) is 31.2 Å². The van der Waals surface area contributed by atoms with Crippen LogP contribution in [-0.4, -0.2) is 30.6 Å². The Morgan fingerprint density at radius 1 is 1.04 bits per heavy atom. The number of benzene rings is 2. The van der Waals surface area contributed by atoms with Gasteiger partial charge in [0.05, 0.1) is 0 Å². The molecule has 140 valence electrons. The third-order valence-electron chi connectivity index (χ3n) is 3.32. The fourth-order valence-electron chi connectivity index (χ4n) is 2.04. The third kappa shape index (κ3) is 5.02. The van der Waals surface area contributed by atoms with Crippen LogP contribution in [-0.2, 0) is 14.8 Å². The zero-order chi connectivity index (χ0) is 19.3. The molecule has 1 heterocycles. The molecule has 0 aliphatic carbocycles. The zero-order valence-electron chi connectivity index (χ0n) is 14.2. The van der Waals surface area contributed by atoms with Crippen LogP contribution < -0.4 is 14.8 Å². The fraction of sp³-hybridized carbons (Fsp3) is 0.118. The van der Waals surface area contributed by atoms with Crippen molar-refractivity contribution in [3.8, 4) is 5.75 Å². The van der Waals surface area contributed by atoms with Gasteiger partial charge in [0.1, 0.15) is 5.75 Å². The fourth-order valence-corrected chi connectivity index (χ4v) is 4.00. The Morgan fingerprint density at radius 3 is 2.33 bits per heavy atom. The molecule has 0 fully saturated rings. The maximum atomic E-state index is 12.3. The number of para-hydroxylation sites is 2. The van der Waals surface area contributed by atoms with E-state index in [0.717, 1.165) is 11.3 Å². The average molecular weight is 404 g/mol. The number of carbonyl (C=O) groups excluding carboxylic acids is 1. The van der Waals surface area contributed by atoms with Crippen LogP contribution >= 0.6 is 11.3 Å². The van der Waals surface area contributed by atoms with E-state index in [-0.39, 0.29) is 9.47 Å². The van der Waals surface area contributed by atoms with Crippen molar-refractivity contribution < 1.29 is 17.9 Å². The summed E-state index contributed by atoms with van der Waals surface area (Å²) >= 11 is 0.751. The van der Waals surface area contributed by atoms with E-state index in [1.807, 2.05) is 6.07 Å². The maximum Gasteiger partial charge on any atom is 0.291 e. The number of anilines is 2. The predicted molar refractivity (Wildman–Crippen MR) is 102 cm³/mol. The third-order valence-corrected chi connectivity index (χ3v) is 5.91. The molecule has 10 heteroatoms. The summed E-state index contributed by atoms with van der Waals surface area (Å²) in [5, 5.41) is 9.93. The van der Waals surface area contributed by atoms with E-state index in [1.54, 1.807) is 61.5 Å². The van der Waals surface area contributed by atoms with Gasteiger partial charge in [-0.15, -0.1) is 10.2 Å². The normalized spacial score (nSPS) is 12.2. The first-order valence-corrected chi connectivity index (χ1v) is 10.2. The molecule has 0 bridgehead atoms. The number of rotatable bonds is 7. The molecule has 1 amide bonds. The van der Waals surface area contributed by atoms with Crippen LogP contribution in [0.4, 0.5) is 10.8 Å². The SMILES string of the molecule is C[C@H](Oc1ccccc1)C(=O)Nc1nnc(S(=O)(=O)Nc2ccccc2)s1. The largest absolute Gasteiger partial charge is 0.481 e. The van der Waals surface area contributed by atoms with Crippen LogP contribution in [0.2, 0.25) is 0 Å². The lowest BCUT2D eigenvalue weighted by Crippen LogP contribution is -2.30. The Hall–Kier alpha value is -2.98. The molecule has 1 atom stereocenters. The van der Waals surface area contributed by atoms with Gasteiger partial charge in [0.25, 0.3) is 20.3 Å². The predicted octanol–water partition coefficient (Wildman–Crippen LogP) is 2.74. The smallest absolute Gasteiger partial charge is 0.291 e. The van der Waals surface area contributed by atoms with Gasteiger partial charge in [0.2, 0.25) is 5.13 Å². The van der Waals surface area contributed by atoms with E-state index >= 15 is 0 Å². The number of sulfonamides is 1. The van der Waals surface area contributed by atoms with Crippen LogP contribution in [0.3, 0.4) is 0 Å². The Labute approximate surface area is 160 Å². The molecule has 2 aromatic carbocycles. The molecule has 3 aromatic rings. The number of nitrogens with one attached hydrogen (secondary N) is 2. The lowest BCUT2D eigenvalue weighted by Gasteiger charge is -2.13. The molecule has 8 nitrogen and oxygen atoms in total. The quantitative estimate of drug-likeness (QED) is 0.586. The van der Waals surface area contributed by atoms with Gasteiger partial charge in [-0.3, -0.25) is 14.8 Å². The van der Waals surface area contributed by atoms with Crippen LogP contribution in [0.1, 0.15) is 6.92 Å². The average Bonchev–Trinajstić information content (AvgIpc) is 3.12. The highest BCUT2D eigenvalue weighted by atomic mass is 32.2. The summed E-state index contributed by atoms with van der Waals surface area (Å²) in [4.78, 5) is 12.2. The van der Waals surface area contributed by atoms with Gasteiger partial charge in [-0.1, -0.05) is 47.7 Å². The van der Waals surface area contributed by atoms with Crippen molar-refractivity contribution in [2.24, 2.45) is 0 Å². The first-order valence-electron chi connectivity index (χ1n) is 7.88. The first kappa shape index (κ1) is 18.8. The van der Waals surface area contributed by atoms with Crippen LogP contribution in [0.15, 0.2) is 65.0 Å². The van der Waals surface area contributed by atoms with E-state index in [1.165, 1.54) is 0 Å². The summed E-state index contributed by atoms with van der Waals surface area (Å²) in [7, 11) is -3.88. The molecule has 1 aromatic heterocycles. The molecular weight excluding hydrogens is 388 g/mol. The molecule has 0 aliphatic rings. The summed E-state index contributed by atoms with van der Waals surface area (Å²) in [5.74, 6) is 0.0858. The summed E-state index contributed by atoms with van der Waals surface area (Å²) < 4.78 is 32.3. The van der Waals surface area contributed by atoms with E-state index in [4.69, 9.17) is 4.74 Å². The molecule has 3 rings (SSSR count). The minimum atomic E-state index is -3.88. The zero-order valence-corrected chi connectivity index (χ0v) is 15.8.